The average Bonchev–Trinajstić information content (AvgIpc) is 2.89. The fourth-order valence-corrected chi connectivity index (χ4v) is 2.64. The van der Waals surface area contributed by atoms with E-state index in [1.165, 1.54) is 0 Å². The molecular formula is C14H15Cl2NO4. The van der Waals surface area contributed by atoms with Crippen LogP contribution in [0.15, 0.2) is 18.2 Å². The molecule has 1 amide bonds. The molecule has 1 aliphatic heterocycles. The van der Waals surface area contributed by atoms with E-state index in [0.717, 1.165) is 0 Å². The van der Waals surface area contributed by atoms with Gasteiger partial charge in [-0.15, -0.1) is 0 Å². The molecule has 114 valence electrons. The van der Waals surface area contributed by atoms with Gasteiger partial charge in [-0.3, -0.25) is 4.79 Å². The largest absolute Gasteiger partial charge is 0.479 e. The Morgan fingerprint density at radius 1 is 1.33 bits per heavy atom. The topological polar surface area (TPSA) is 75.6 Å². The number of ether oxygens (including phenoxy) is 1. The predicted molar refractivity (Wildman–Crippen MR) is 78.7 cm³/mol. The molecule has 0 saturated carbocycles. The zero-order valence-electron chi connectivity index (χ0n) is 11.1. The van der Waals surface area contributed by atoms with Crippen LogP contribution in [0.4, 0.5) is 0 Å². The first-order valence-corrected chi connectivity index (χ1v) is 7.30. The molecule has 1 aliphatic rings. The molecule has 2 atom stereocenters. The molecule has 0 aliphatic carbocycles. The molecule has 0 radical (unpaired) electrons. The van der Waals surface area contributed by atoms with Crippen molar-refractivity contribution in [1.82, 2.24) is 5.32 Å². The Bertz CT molecular complexity index is 550. The van der Waals surface area contributed by atoms with E-state index < -0.39 is 12.1 Å². The molecule has 7 heteroatoms. The van der Waals surface area contributed by atoms with Gasteiger partial charge in [0.05, 0.1) is 12.5 Å². The lowest BCUT2D eigenvalue weighted by atomic mass is 10.1. The van der Waals surface area contributed by atoms with Crippen molar-refractivity contribution in [2.45, 2.75) is 31.5 Å². The van der Waals surface area contributed by atoms with Gasteiger partial charge in [-0.25, -0.2) is 4.79 Å². The first-order chi connectivity index (χ1) is 9.95. The monoisotopic (exact) mass is 331 g/mol. The van der Waals surface area contributed by atoms with Gasteiger partial charge in [-0.2, -0.15) is 0 Å². The minimum Gasteiger partial charge on any atom is -0.479 e. The maximum Gasteiger partial charge on any atom is 0.332 e. The maximum absolute atomic E-state index is 11.8. The van der Waals surface area contributed by atoms with Gasteiger partial charge < -0.3 is 15.2 Å². The molecule has 1 aromatic carbocycles. The quantitative estimate of drug-likeness (QED) is 0.867. The normalized spacial score (nSPS) is 21.2. The first kappa shape index (κ1) is 16.1. The Morgan fingerprint density at radius 2 is 2.10 bits per heavy atom. The minimum atomic E-state index is -0.961. The molecule has 5 nitrogen and oxygen atoms in total. The van der Waals surface area contributed by atoms with Gasteiger partial charge in [-0.1, -0.05) is 29.3 Å². The smallest absolute Gasteiger partial charge is 0.332 e. The van der Waals surface area contributed by atoms with E-state index in [2.05, 4.69) is 5.32 Å². The number of amides is 1. The highest BCUT2D eigenvalue weighted by Crippen LogP contribution is 2.22. The highest BCUT2D eigenvalue weighted by atomic mass is 35.5. The van der Waals surface area contributed by atoms with Crippen molar-refractivity contribution in [1.29, 1.82) is 0 Å². The first-order valence-electron chi connectivity index (χ1n) is 6.54. The van der Waals surface area contributed by atoms with Gasteiger partial charge in [-0.05, 0) is 30.5 Å². The molecule has 0 aromatic heterocycles. The molecule has 1 saturated heterocycles. The SMILES string of the molecule is O=C(Cc1ccc(Cl)cc1Cl)NCC1CCC(C(=O)O)O1. The fourth-order valence-electron chi connectivity index (χ4n) is 2.17. The van der Waals surface area contributed by atoms with E-state index in [0.29, 0.717) is 35.0 Å². The van der Waals surface area contributed by atoms with Crippen LogP contribution in [0, 0.1) is 0 Å². The molecular weight excluding hydrogens is 317 g/mol. The number of carboxylic acid groups (broad SMARTS) is 1. The lowest BCUT2D eigenvalue weighted by Crippen LogP contribution is -2.34. The number of benzene rings is 1. The average molecular weight is 332 g/mol. The van der Waals surface area contributed by atoms with E-state index in [1.807, 2.05) is 0 Å². The molecule has 0 spiro atoms. The van der Waals surface area contributed by atoms with E-state index in [4.69, 9.17) is 33.0 Å². The number of hydrogen-bond donors (Lipinski definition) is 2. The number of aliphatic carboxylic acids is 1. The molecule has 0 bridgehead atoms. The van der Waals surface area contributed by atoms with Crippen LogP contribution in [0.3, 0.4) is 0 Å². The zero-order valence-corrected chi connectivity index (χ0v) is 12.7. The van der Waals surface area contributed by atoms with Gasteiger partial charge in [0.1, 0.15) is 0 Å². The van der Waals surface area contributed by atoms with Gasteiger partial charge in [0.25, 0.3) is 0 Å². The number of hydrogen-bond acceptors (Lipinski definition) is 3. The lowest BCUT2D eigenvalue weighted by Gasteiger charge is -2.12. The summed E-state index contributed by atoms with van der Waals surface area (Å²) in [4.78, 5) is 22.6. The highest BCUT2D eigenvalue weighted by molar-refractivity contribution is 6.35. The standard InChI is InChI=1S/C14H15Cl2NO4/c15-9-2-1-8(11(16)6-9)5-13(18)17-7-10-3-4-12(21-10)14(19)20/h1-2,6,10,12H,3-5,7H2,(H,17,18)(H,19,20). The molecule has 1 heterocycles. The number of halogens is 2. The Morgan fingerprint density at radius 3 is 2.71 bits per heavy atom. The van der Waals surface area contributed by atoms with E-state index in [9.17, 15) is 9.59 Å². The van der Waals surface area contributed by atoms with E-state index in [1.54, 1.807) is 18.2 Å². The number of rotatable bonds is 5. The van der Waals surface area contributed by atoms with E-state index in [-0.39, 0.29) is 18.4 Å². The van der Waals surface area contributed by atoms with Crippen LogP contribution in [0.25, 0.3) is 0 Å². The van der Waals surface area contributed by atoms with Crippen LogP contribution in [0.2, 0.25) is 10.0 Å². The van der Waals surface area contributed by atoms with Crippen molar-refractivity contribution in [3.05, 3.63) is 33.8 Å². The van der Waals surface area contributed by atoms with Crippen molar-refractivity contribution in [3.63, 3.8) is 0 Å². The summed E-state index contributed by atoms with van der Waals surface area (Å²) >= 11 is 11.8. The number of carbonyl (C=O) groups excluding carboxylic acids is 1. The Hall–Kier alpha value is -1.30. The molecule has 1 aromatic rings. The summed E-state index contributed by atoms with van der Waals surface area (Å²) in [5, 5.41) is 12.5. The van der Waals surface area contributed by atoms with Crippen molar-refractivity contribution >= 4 is 35.1 Å². The fraction of sp³-hybridized carbons (Fsp3) is 0.429. The summed E-state index contributed by atoms with van der Waals surface area (Å²) in [5.41, 5.74) is 0.689. The molecule has 21 heavy (non-hydrogen) atoms. The van der Waals surface area contributed by atoms with Crippen molar-refractivity contribution in [3.8, 4) is 0 Å². The summed E-state index contributed by atoms with van der Waals surface area (Å²) in [6, 6.07) is 4.97. The van der Waals surface area contributed by atoms with Crippen molar-refractivity contribution in [2.24, 2.45) is 0 Å². The Balaban J connectivity index is 1.79. The summed E-state index contributed by atoms with van der Waals surface area (Å²) in [7, 11) is 0. The number of carbonyl (C=O) groups is 2. The lowest BCUT2D eigenvalue weighted by molar-refractivity contribution is -0.149. The van der Waals surface area contributed by atoms with Crippen LogP contribution in [-0.4, -0.2) is 35.7 Å². The van der Waals surface area contributed by atoms with Crippen LogP contribution < -0.4 is 5.32 Å². The van der Waals surface area contributed by atoms with Crippen molar-refractivity contribution < 1.29 is 19.4 Å². The molecule has 1 fully saturated rings. The van der Waals surface area contributed by atoms with Gasteiger partial charge in [0.15, 0.2) is 6.10 Å². The van der Waals surface area contributed by atoms with Crippen LogP contribution in [0.5, 0.6) is 0 Å². The van der Waals surface area contributed by atoms with Gasteiger partial charge >= 0.3 is 5.97 Å². The predicted octanol–water partition coefficient (Wildman–Crippen LogP) is 2.28. The highest BCUT2D eigenvalue weighted by Gasteiger charge is 2.30. The third-order valence-corrected chi connectivity index (χ3v) is 3.86. The third-order valence-electron chi connectivity index (χ3n) is 3.28. The second-order valence-corrected chi connectivity index (χ2v) is 5.72. The second-order valence-electron chi connectivity index (χ2n) is 4.88. The van der Waals surface area contributed by atoms with E-state index >= 15 is 0 Å². The summed E-state index contributed by atoms with van der Waals surface area (Å²) in [6.45, 7) is 0.299. The summed E-state index contributed by atoms with van der Waals surface area (Å²) in [5.74, 6) is -1.15. The third kappa shape index (κ3) is 4.59. The summed E-state index contributed by atoms with van der Waals surface area (Å²) in [6.07, 6.45) is 0.219. The van der Waals surface area contributed by atoms with Crippen LogP contribution in [-0.2, 0) is 20.7 Å². The number of carboxylic acids is 1. The maximum atomic E-state index is 11.8. The van der Waals surface area contributed by atoms with Gasteiger partial charge in [0.2, 0.25) is 5.91 Å². The second kappa shape index (κ2) is 7.11. The zero-order chi connectivity index (χ0) is 15.4. The minimum absolute atomic E-state index is 0.144. The number of nitrogens with one attached hydrogen (secondary N) is 1. The van der Waals surface area contributed by atoms with Crippen LogP contribution >= 0.6 is 23.2 Å². The Kier molecular flexibility index (Phi) is 5.45. The summed E-state index contributed by atoms with van der Waals surface area (Å²) < 4.78 is 5.31. The van der Waals surface area contributed by atoms with Crippen molar-refractivity contribution in [2.75, 3.05) is 6.54 Å². The van der Waals surface area contributed by atoms with Gasteiger partial charge in [0, 0.05) is 16.6 Å². The molecule has 2 rings (SSSR count). The Labute approximate surface area is 132 Å². The van der Waals surface area contributed by atoms with Crippen LogP contribution in [0.1, 0.15) is 18.4 Å². The molecule has 2 unspecified atom stereocenters. The molecule has 2 N–H and O–H groups in total.